The molecule has 0 saturated heterocycles. The number of aromatic nitrogens is 1. The van der Waals surface area contributed by atoms with Gasteiger partial charge in [0.1, 0.15) is 0 Å². The van der Waals surface area contributed by atoms with Crippen LogP contribution in [0.1, 0.15) is 10.5 Å². The molecule has 2 aromatic rings. The van der Waals surface area contributed by atoms with E-state index in [2.05, 4.69) is 34.2 Å². The first-order chi connectivity index (χ1) is 9.25. The number of nitrogens with one attached hydrogen (secondary N) is 1. The van der Waals surface area contributed by atoms with Gasteiger partial charge in [-0.1, -0.05) is 0 Å². The Morgan fingerprint density at radius 1 is 1.21 bits per heavy atom. The molecular weight excluding hydrogens is 375 g/mol. The van der Waals surface area contributed by atoms with Gasteiger partial charge < -0.3 is 0 Å². The zero-order valence-electron chi connectivity index (χ0n) is 9.50. The topological polar surface area (TPSA) is 66.7 Å². The van der Waals surface area contributed by atoms with Gasteiger partial charge in [-0.05, 0) is 0 Å². The Balaban J connectivity index is 1.91. The van der Waals surface area contributed by atoms with Gasteiger partial charge in [0.25, 0.3) is 0 Å². The number of amides is 1. The van der Waals surface area contributed by atoms with Gasteiger partial charge in [-0.2, -0.15) is 0 Å². The Hall–Kier alpha value is -1.56. The summed E-state index contributed by atoms with van der Waals surface area (Å²) in [6.45, 7) is 0. The summed E-state index contributed by atoms with van der Waals surface area (Å²) in [5.41, 5.74) is 2.60. The van der Waals surface area contributed by atoms with Crippen LogP contribution in [0.5, 0.6) is 0 Å². The predicted molar refractivity (Wildman–Crippen MR) is 76.3 cm³/mol. The van der Waals surface area contributed by atoms with E-state index in [1.165, 1.54) is 0 Å². The Kier molecular flexibility index (Phi) is 3.42. The fourth-order valence-corrected chi connectivity index (χ4v) is 3.23. The Morgan fingerprint density at radius 3 is 2.95 bits per heavy atom. The van der Waals surface area contributed by atoms with Crippen molar-refractivity contribution in [2.75, 3.05) is 5.32 Å². The van der Waals surface area contributed by atoms with Crippen molar-refractivity contribution in [3.63, 3.8) is 0 Å². The monoisotopic (exact) mass is 382 g/mol. The number of pyridine rings is 1. The molecule has 1 aliphatic heterocycles. The van der Waals surface area contributed by atoms with Crippen molar-refractivity contribution in [2.24, 2.45) is 7.92 Å². The fraction of sp³-hybridized carbons (Fsp3) is 0. The third-order valence-corrected chi connectivity index (χ3v) is 4.29. The van der Waals surface area contributed by atoms with E-state index in [1.54, 1.807) is 18.3 Å². The van der Waals surface area contributed by atoms with Crippen LogP contribution in [0.4, 0.5) is 17.1 Å². The Morgan fingerprint density at radius 2 is 2.11 bits per heavy atom. The normalized spacial score (nSPS) is 11.8. The zero-order chi connectivity index (χ0) is 13.2. The molecule has 0 unspecified atom stereocenters. The quantitative estimate of drug-likeness (QED) is 0.691. The van der Waals surface area contributed by atoms with Gasteiger partial charge >= 0.3 is 123 Å². The molecule has 0 atom stereocenters. The summed E-state index contributed by atoms with van der Waals surface area (Å²) in [5.74, 6) is -0.268. The van der Waals surface area contributed by atoms with Crippen LogP contribution in [-0.4, -0.2) is 25.5 Å². The van der Waals surface area contributed by atoms with Crippen LogP contribution < -0.4 is 5.32 Å². The number of hydrogen-bond acceptors (Lipinski definition) is 4. The van der Waals surface area contributed by atoms with Crippen molar-refractivity contribution in [1.29, 1.82) is 0 Å². The molecule has 0 aliphatic carbocycles. The number of halogens is 1. The molecule has 7 heteroatoms. The number of rotatable bonds is 2. The van der Waals surface area contributed by atoms with Crippen LogP contribution in [0.2, 0.25) is 0 Å². The number of carbonyl (C=O) groups excluding carboxylic acids is 1. The maximum atomic E-state index is 12.2. The summed E-state index contributed by atoms with van der Waals surface area (Å²) in [4.78, 5) is 16.2. The number of nitrogens with zero attached hydrogens (tertiary/aromatic N) is 3. The molecule has 2 heterocycles. The summed E-state index contributed by atoms with van der Waals surface area (Å²) in [6, 6.07) is 9.09. The molecule has 19 heavy (non-hydrogen) atoms. The Labute approximate surface area is 123 Å². The minimum atomic E-state index is -0.268. The summed E-state index contributed by atoms with van der Waals surface area (Å²) in [7, 11) is 0. The molecule has 0 bridgehead atoms. The van der Waals surface area contributed by atoms with Gasteiger partial charge in [0.2, 0.25) is 0 Å². The first-order valence-electron chi connectivity index (χ1n) is 5.39. The van der Waals surface area contributed by atoms with E-state index in [1.807, 2.05) is 18.2 Å². The van der Waals surface area contributed by atoms with Gasteiger partial charge in [0.15, 0.2) is 0 Å². The molecule has 94 valence electrons. The second-order valence-electron chi connectivity index (χ2n) is 3.73. The molecule has 0 saturated carbocycles. The summed E-state index contributed by atoms with van der Waals surface area (Å²) >= 11 is 3.19. The van der Waals surface area contributed by atoms with Crippen LogP contribution in [0.15, 0.2) is 48.9 Å². The van der Waals surface area contributed by atoms with Gasteiger partial charge in [-0.15, -0.1) is 0 Å². The van der Waals surface area contributed by atoms with E-state index in [9.17, 15) is 4.79 Å². The number of benzene rings is 1. The molecule has 1 aromatic heterocycles. The van der Waals surface area contributed by atoms with Crippen LogP contribution >= 0.6 is 15.9 Å². The van der Waals surface area contributed by atoms with Gasteiger partial charge in [-0.3, -0.25) is 0 Å². The van der Waals surface area contributed by atoms with E-state index in [0.717, 1.165) is 11.4 Å². The van der Waals surface area contributed by atoms with E-state index < -0.39 is 0 Å². The molecule has 1 amide bonds. The van der Waals surface area contributed by atoms with Crippen LogP contribution in [-0.2, 0) is 0 Å². The molecule has 0 spiro atoms. The summed E-state index contributed by atoms with van der Waals surface area (Å²) < 4.78 is 9.25. The third kappa shape index (κ3) is 2.45. The minimum absolute atomic E-state index is 0.116. The first kappa shape index (κ1) is 12.5. The molecular formula is C12H7BrN4OSe. The van der Waals surface area contributed by atoms with E-state index in [0.29, 0.717) is 15.9 Å². The zero-order valence-corrected chi connectivity index (χ0v) is 12.8. The molecule has 0 radical (unpaired) electrons. The molecule has 1 aromatic carbocycles. The molecule has 3 rings (SSSR count). The van der Waals surface area contributed by atoms with Crippen molar-refractivity contribution >= 4 is 53.5 Å². The molecule has 0 fully saturated rings. The Bertz CT molecular complexity index is 740. The van der Waals surface area contributed by atoms with Crippen molar-refractivity contribution < 1.29 is 4.79 Å². The van der Waals surface area contributed by atoms with Crippen molar-refractivity contribution in [3.8, 4) is 0 Å². The maximum absolute atomic E-state index is 12.2. The average Bonchev–Trinajstić information content (AvgIpc) is 2.88. The van der Waals surface area contributed by atoms with E-state index in [-0.39, 0.29) is 20.5 Å². The standard InChI is InChI=1S/C12H7BrN4OSe/c13-7-3-2-6-14-10(7)12(18)15-8-4-1-5-9-11(8)17-19-16-9/h1-6H,(H,15,18). The molecule has 5 nitrogen and oxygen atoms in total. The van der Waals surface area contributed by atoms with E-state index >= 15 is 0 Å². The molecule has 1 N–H and O–H groups in total. The van der Waals surface area contributed by atoms with Crippen molar-refractivity contribution in [3.05, 3.63) is 46.7 Å². The second-order valence-corrected chi connectivity index (χ2v) is 5.69. The summed E-state index contributed by atoms with van der Waals surface area (Å²) in [6.07, 6.45) is 1.58. The average molecular weight is 382 g/mol. The summed E-state index contributed by atoms with van der Waals surface area (Å²) in [5, 5.41) is 2.82. The van der Waals surface area contributed by atoms with Gasteiger partial charge in [0, 0.05) is 0 Å². The van der Waals surface area contributed by atoms with Crippen LogP contribution in [0.3, 0.4) is 0 Å². The fourth-order valence-electron chi connectivity index (χ4n) is 1.64. The number of anilines is 1. The molecule has 1 aliphatic rings. The van der Waals surface area contributed by atoms with E-state index in [4.69, 9.17) is 0 Å². The second kappa shape index (κ2) is 5.20. The third-order valence-electron chi connectivity index (χ3n) is 2.51. The van der Waals surface area contributed by atoms with Gasteiger partial charge in [-0.25, -0.2) is 0 Å². The predicted octanol–water partition coefficient (Wildman–Crippen LogP) is 3.44. The number of carbonyl (C=O) groups is 1. The van der Waals surface area contributed by atoms with Gasteiger partial charge in [0.05, 0.1) is 0 Å². The number of fused-ring (bicyclic) bond motifs is 1. The van der Waals surface area contributed by atoms with Crippen LogP contribution in [0, 0.1) is 0 Å². The van der Waals surface area contributed by atoms with Crippen molar-refractivity contribution in [2.45, 2.75) is 0 Å². The van der Waals surface area contributed by atoms with Crippen molar-refractivity contribution in [1.82, 2.24) is 4.98 Å². The van der Waals surface area contributed by atoms with Crippen LogP contribution in [0.25, 0.3) is 0 Å². The SMILES string of the molecule is O=C(Nc1cccc2c1N=[Se]=N2)c1ncccc1Br. The number of hydrogen-bond donors (Lipinski definition) is 1. The first-order valence-corrected chi connectivity index (χ1v) is 7.71.